The summed E-state index contributed by atoms with van der Waals surface area (Å²) < 4.78 is 24.6. The summed E-state index contributed by atoms with van der Waals surface area (Å²) in [6.45, 7) is 0.233. The highest BCUT2D eigenvalue weighted by molar-refractivity contribution is 6.09. The molecule has 3 aromatic carbocycles. The van der Waals surface area contributed by atoms with Crippen molar-refractivity contribution in [2.24, 2.45) is 0 Å². The Morgan fingerprint density at radius 3 is 2.32 bits per heavy atom. The highest BCUT2D eigenvalue weighted by Gasteiger charge is 2.34. The molecule has 1 heterocycles. The van der Waals surface area contributed by atoms with Gasteiger partial charge in [-0.3, -0.25) is 19.5 Å². The number of hydrogen-bond acceptors (Lipinski definition) is 6. The van der Waals surface area contributed by atoms with Crippen LogP contribution in [0.4, 0.5) is 10.1 Å². The molecule has 0 aliphatic rings. The summed E-state index contributed by atoms with van der Waals surface area (Å²) in [7, 11) is 2.97. The molecule has 37 heavy (non-hydrogen) atoms. The highest BCUT2D eigenvalue weighted by atomic mass is 19.1. The van der Waals surface area contributed by atoms with E-state index in [0.29, 0.717) is 22.7 Å². The number of rotatable bonds is 9. The Bertz CT molecular complexity index is 1350. The van der Waals surface area contributed by atoms with Gasteiger partial charge in [0.2, 0.25) is 5.91 Å². The molecule has 188 valence electrons. The predicted octanol–water partition coefficient (Wildman–Crippen LogP) is 4.34. The molecule has 4 aromatic rings. The number of benzene rings is 3. The standard InChI is InChI=1S/C28H25FN4O4/c1-36-24-13-12-22(16-25(24)37-2)33(28(35)23-18-30-14-15-31-23)26(20-8-10-21(29)11-9-20)27(34)32-17-19-6-4-3-5-7-19/h3-16,18,26H,17H2,1-2H3,(H,32,34). The molecule has 0 bridgehead atoms. The number of anilines is 1. The van der Waals surface area contributed by atoms with Crippen molar-refractivity contribution in [1.29, 1.82) is 0 Å². The lowest BCUT2D eigenvalue weighted by atomic mass is 10.0. The van der Waals surface area contributed by atoms with Crippen molar-refractivity contribution >= 4 is 17.5 Å². The number of nitrogens with one attached hydrogen (secondary N) is 1. The number of hydrogen-bond donors (Lipinski definition) is 1. The maximum Gasteiger partial charge on any atom is 0.279 e. The van der Waals surface area contributed by atoms with Crippen LogP contribution in [-0.4, -0.2) is 36.0 Å². The highest BCUT2D eigenvalue weighted by Crippen LogP contribution is 2.36. The van der Waals surface area contributed by atoms with E-state index in [1.54, 1.807) is 18.2 Å². The second-order valence-corrected chi connectivity index (χ2v) is 7.96. The Hall–Kier alpha value is -4.79. The van der Waals surface area contributed by atoms with E-state index >= 15 is 0 Å². The molecule has 2 amide bonds. The van der Waals surface area contributed by atoms with Crippen molar-refractivity contribution in [1.82, 2.24) is 15.3 Å². The van der Waals surface area contributed by atoms with Crippen molar-refractivity contribution in [2.45, 2.75) is 12.6 Å². The van der Waals surface area contributed by atoms with Crippen molar-refractivity contribution in [3.05, 3.63) is 114 Å². The number of carbonyl (C=O) groups is 2. The molecule has 8 nitrogen and oxygen atoms in total. The van der Waals surface area contributed by atoms with Gasteiger partial charge in [-0.2, -0.15) is 0 Å². The van der Waals surface area contributed by atoms with Crippen LogP contribution in [0.3, 0.4) is 0 Å². The molecule has 4 rings (SSSR count). The SMILES string of the molecule is COc1ccc(N(C(=O)c2cnccn2)C(C(=O)NCc2ccccc2)c2ccc(F)cc2)cc1OC. The van der Waals surface area contributed by atoms with Gasteiger partial charge >= 0.3 is 0 Å². The second kappa shape index (κ2) is 11.8. The van der Waals surface area contributed by atoms with Crippen LogP contribution in [0.1, 0.15) is 27.7 Å². The van der Waals surface area contributed by atoms with Crippen LogP contribution < -0.4 is 19.7 Å². The van der Waals surface area contributed by atoms with Crippen LogP contribution >= 0.6 is 0 Å². The van der Waals surface area contributed by atoms with Gasteiger partial charge in [0.1, 0.15) is 17.6 Å². The molecular formula is C28H25FN4O4. The first kappa shape index (κ1) is 25.3. The van der Waals surface area contributed by atoms with Crippen molar-refractivity contribution in [2.75, 3.05) is 19.1 Å². The maximum atomic E-state index is 13.9. The Labute approximate surface area is 213 Å². The third kappa shape index (κ3) is 5.90. The van der Waals surface area contributed by atoms with E-state index in [1.165, 1.54) is 62.0 Å². The maximum absolute atomic E-state index is 13.9. The molecule has 0 fully saturated rings. The Morgan fingerprint density at radius 2 is 1.68 bits per heavy atom. The lowest BCUT2D eigenvalue weighted by Crippen LogP contribution is -2.44. The molecule has 0 spiro atoms. The monoisotopic (exact) mass is 500 g/mol. The van der Waals surface area contributed by atoms with Gasteiger partial charge in [-0.25, -0.2) is 9.37 Å². The summed E-state index contributed by atoms with van der Waals surface area (Å²) in [6, 6.07) is 18.5. The van der Waals surface area contributed by atoms with Crippen LogP contribution in [0.2, 0.25) is 0 Å². The van der Waals surface area contributed by atoms with Crippen LogP contribution in [0.15, 0.2) is 91.4 Å². The first-order valence-electron chi connectivity index (χ1n) is 11.4. The van der Waals surface area contributed by atoms with Crippen molar-refractivity contribution in [3.63, 3.8) is 0 Å². The zero-order valence-electron chi connectivity index (χ0n) is 20.3. The van der Waals surface area contributed by atoms with E-state index in [0.717, 1.165) is 5.56 Å². The molecular weight excluding hydrogens is 475 g/mol. The summed E-state index contributed by atoms with van der Waals surface area (Å²) in [5.41, 5.74) is 1.66. The van der Waals surface area contributed by atoms with Crippen LogP contribution in [0.25, 0.3) is 0 Å². The first-order chi connectivity index (χ1) is 18.0. The normalized spacial score (nSPS) is 11.3. The zero-order chi connectivity index (χ0) is 26.2. The van der Waals surface area contributed by atoms with Crippen LogP contribution in [-0.2, 0) is 11.3 Å². The van der Waals surface area contributed by atoms with Gasteiger partial charge in [0.05, 0.1) is 20.4 Å². The van der Waals surface area contributed by atoms with E-state index in [2.05, 4.69) is 15.3 Å². The minimum atomic E-state index is -1.17. The minimum absolute atomic E-state index is 0.0280. The zero-order valence-corrected chi connectivity index (χ0v) is 20.3. The van der Waals surface area contributed by atoms with Gasteiger partial charge in [0.15, 0.2) is 11.5 Å². The summed E-state index contributed by atoms with van der Waals surface area (Å²) >= 11 is 0. The summed E-state index contributed by atoms with van der Waals surface area (Å²) in [5, 5.41) is 2.90. The van der Waals surface area contributed by atoms with Gasteiger partial charge in [-0.1, -0.05) is 42.5 Å². The average molecular weight is 501 g/mol. The van der Waals surface area contributed by atoms with Gasteiger partial charge in [0.25, 0.3) is 5.91 Å². The Balaban J connectivity index is 1.83. The van der Waals surface area contributed by atoms with Gasteiger partial charge in [0, 0.05) is 30.7 Å². The van der Waals surface area contributed by atoms with Gasteiger partial charge in [-0.05, 0) is 35.4 Å². The number of ether oxygens (including phenoxy) is 2. The van der Waals surface area contributed by atoms with E-state index in [9.17, 15) is 14.0 Å². The van der Waals surface area contributed by atoms with E-state index in [1.807, 2.05) is 30.3 Å². The third-order valence-electron chi connectivity index (χ3n) is 5.65. The van der Waals surface area contributed by atoms with E-state index in [4.69, 9.17) is 9.47 Å². The number of aromatic nitrogens is 2. The summed E-state index contributed by atoms with van der Waals surface area (Å²) in [4.78, 5) is 37.0. The summed E-state index contributed by atoms with van der Waals surface area (Å²) in [6.07, 6.45) is 4.16. The fourth-order valence-electron chi connectivity index (χ4n) is 3.84. The summed E-state index contributed by atoms with van der Waals surface area (Å²) in [5.74, 6) is -0.707. The number of methoxy groups -OCH3 is 2. The molecule has 9 heteroatoms. The average Bonchev–Trinajstić information content (AvgIpc) is 2.95. The number of halogens is 1. The smallest absolute Gasteiger partial charge is 0.279 e. The fourth-order valence-corrected chi connectivity index (χ4v) is 3.84. The largest absolute Gasteiger partial charge is 0.493 e. The molecule has 1 unspecified atom stereocenters. The van der Waals surface area contributed by atoms with Crippen LogP contribution in [0, 0.1) is 5.82 Å². The predicted molar refractivity (Wildman–Crippen MR) is 136 cm³/mol. The molecule has 0 aliphatic carbocycles. The number of amides is 2. The number of carbonyl (C=O) groups excluding carboxylic acids is 2. The van der Waals surface area contributed by atoms with Gasteiger partial charge < -0.3 is 14.8 Å². The molecule has 0 radical (unpaired) electrons. The second-order valence-electron chi connectivity index (χ2n) is 7.96. The Morgan fingerprint density at radius 1 is 0.946 bits per heavy atom. The lowest BCUT2D eigenvalue weighted by Gasteiger charge is -2.31. The molecule has 0 saturated carbocycles. The minimum Gasteiger partial charge on any atom is -0.493 e. The molecule has 1 N–H and O–H groups in total. The third-order valence-corrected chi connectivity index (χ3v) is 5.65. The van der Waals surface area contributed by atoms with Gasteiger partial charge in [-0.15, -0.1) is 0 Å². The topological polar surface area (TPSA) is 93.7 Å². The molecule has 0 aliphatic heterocycles. The van der Waals surface area contributed by atoms with Crippen molar-refractivity contribution in [3.8, 4) is 11.5 Å². The van der Waals surface area contributed by atoms with Crippen molar-refractivity contribution < 1.29 is 23.5 Å². The first-order valence-corrected chi connectivity index (χ1v) is 11.4. The molecule has 1 aromatic heterocycles. The quantitative estimate of drug-likeness (QED) is 0.368. The molecule has 0 saturated heterocycles. The van der Waals surface area contributed by atoms with E-state index in [-0.39, 0.29) is 12.2 Å². The Kier molecular flexibility index (Phi) is 8.05. The van der Waals surface area contributed by atoms with Crippen LogP contribution in [0.5, 0.6) is 11.5 Å². The van der Waals surface area contributed by atoms with E-state index < -0.39 is 23.7 Å². The molecule has 1 atom stereocenters. The lowest BCUT2D eigenvalue weighted by molar-refractivity contribution is -0.122. The fraction of sp³-hybridized carbons (Fsp3) is 0.143. The number of nitrogens with zero attached hydrogens (tertiary/aromatic N) is 3.